The molecule has 0 radical (unpaired) electrons. The fourth-order valence-electron chi connectivity index (χ4n) is 7.80. The number of amides is 2. The molecule has 0 spiro atoms. The Hall–Kier alpha value is -4.10. The van der Waals surface area contributed by atoms with Crippen molar-refractivity contribution in [3.63, 3.8) is 0 Å². The summed E-state index contributed by atoms with van der Waals surface area (Å²) in [5, 5.41) is 22.8. The molecule has 0 saturated carbocycles. The molecule has 2 saturated heterocycles. The number of nitrogens with zero attached hydrogens (tertiary/aromatic N) is 1. The van der Waals surface area contributed by atoms with E-state index in [1.165, 1.54) is 0 Å². The van der Waals surface area contributed by atoms with Crippen LogP contribution in [0.25, 0.3) is 16.8 Å². The molecule has 2 heterocycles. The zero-order chi connectivity index (χ0) is 35.4. The average molecular weight is 685 g/mol. The van der Waals surface area contributed by atoms with Crippen LogP contribution in [0.5, 0.6) is 5.75 Å². The zero-order valence-electron chi connectivity index (χ0n) is 26.7. The van der Waals surface area contributed by atoms with Crippen LogP contribution >= 0.6 is 0 Å². The van der Waals surface area contributed by atoms with Gasteiger partial charge >= 0.3 is 19.5 Å². The standard InChI is InChI=1S/C36H34BF6NO5/c1-3-6-20(14-21-10-11-29(45)26-8-5-4-7-25(21)26)9-12-30-31-19(2)13-27-32(28(31)18-37(48)49-30)34(47)44(33(27)46)24-16-22(35(38,39)40)15-23(17-24)36(41,42)43/h4-5,7-8,10-11,14-17,27-28,30,32,45,48H,3,6,9,12-13,18H2,1-2H3/b20-14+/t27-,28+,30-,32-/m1/s1. The van der Waals surface area contributed by atoms with E-state index >= 15 is 0 Å². The molecule has 49 heavy (non-hydrogen) atoms. The maximum absolute atomic E-state index is 13.9. The number of aromatic hydroxyl groups is 1. The van der Waals surface area contributed by atoms with Crippen LogP contribution in [-0.4, -0.2) is 35.2 Å². The number of rotatable bonds is 7. The monoisotopic (exact) mass is 685 g/mol. The Morgan fingerprint density at radius 2 is 1.59 bits per heavy atom. The molecule has 0 aromatic heterocycles. The van der Waals surface area contributed by atoms with Gasteiger partial charge in [-0.1, -0.05) is 60.9 Å². The molecule has 6 rings (SSSR count). The first kappa shape index (κ1) is 34.8. The average Bonchev–Trinajstić information content (AvgIpc) is 3.28. The van der Waals surface area contributed by atoms with Gasteiger partial charge in [0.05, 0.1) is 34.8 Å². The van der Waals surface area contributed by atoms with Crippen molar-refractivity contribution >= 4 is 41.5 Å². The normalized spacial score (nSPS) is 23.4. The van der Waals surface area contributed by atoms with Crippen molar-refractivity contribution in [2.45, 2.75) is 70.7 Å². The van der Waals surface area contributed by atoms with Crippen LogP contribution in [0.4, 0.5) is 32.0 Å². The number of alkyl halides is 6. The van der Waals surface area contributed by atoms with E-state index in [1.807, 2.05) is 37.3 Å². The molecule has 13 heteroatoms. The molecule has 6 nitrogen and oxygen atoms in total. The van der Waals surface area contributed by atoms with Crippen LogP contribution in [0.1, 0.15) is 62.6 Å². The number of benzene rings is 3. The lowest BCUT2D eigenvalue weighted by Crippen LogP contribution is -2.46. The van der Waals surface area contributed by atoms with Crippen molar-refractivity contribution in [2.75, 3.05) is 4.90 Å². The lowest BCUT2D eigenvalue weighted by molar-refractivity contribution is -0.143. The van der Waals surface area contributed by atoms with E-state index in [1.54, 1.807) is 13.0 Å². The van der Waals surface area contributed by atoms with E-state index in [-0.39, 0.29) is 24.6 Å². The highest BCUT2D eigenvalue weighted by atomic mass is 19.4. The third-order valence-electron chi connectivity index (χ3n) is 9.88. The second kappa shape index (κ2) is 13.0. The maximum Gasteiger partial charge on any atom is 0.455 e. The highest BCUT2D eigenvalue weighted by molar-refractivity contribution is 6.43. The topological polar surface area (TPSA) is 87.1 Å². The molecular weight excluding hydrogens is 651 g/mol. The number of carbonyl (C=O) groups is 2. The third-order valence-corrected chi connectivity index (χ3v) is 9.88. The summed E-state index contributed by atoms with van der Waals surface area (Å²) in [5.74, 6) is -4.37. The first-order chi connectivity index (χ1) is 23.1. The summed E-state index contributed by atoms with van der Waals surface area (Å²) in [6.45, 7) is 3.83. The summed E-state index contributed by atoms with van der Waals surface area (Å²) < 4.78 is 87.8. The highest BCUT2D eigenvalue weighted by Crippen LogP contribution is 2.52. The number of hydrogen-bond donors (Lipinski definition) is 2. The summed E-state index contributed by atoms with van der Waals surface area (Å²) in [6.07, 6.45) is -6.25. The number of imide groups is 1. The molecule has 1 aliphatic carbocycles. The Morgan fingerprint density at radius 3 is 2.22 bits per heavy atom. The van der Waals surface area contributed by atoms with Crippen molar-refractivity contribution in [2.24, 2.45) is 17.8 Å². The van der Waals surface area contributed by atoms with Gasteiger partial charge in [-0.3, -0.25) is 9.59 Å². The molecule has 2 aliphatic heterocycles. The van der Waals surface area contributed by atoms with Gasteiger partial charge in [-0.2, -0.15) is 26.3 Å². The van der Waals surface area contributed by atoms with Gasteiger partial charge in [0.2, 0.25) is 11.8 Å². The number of phenolic OH excluding ortho intramolecular Hbond substituents is 1. The van der Waals surface area contributed by atoms with Crippen LogP contribution in [0.3, 0.4) is 0 Å². The summed E-state index contributed by atoms with van der Waals surface area (Å²) in [6, 6.07) is 11.7. The molecule has 2 N–H and O–H groups in total. The van der Waals surface area contributed by atoms with Gasteiger partial charge in [-0.25, -0.2) is 4.90 Å². The molecule has 3 aromatic rings. The van der Waals surface area contributed by atoms with Crippen molar-refractivity contribution < 1.29 is 50.7 Å². The summed E-state index contributed by atoms with van der Waals surface area (Å²) in [7, 11) is -1.30. The van der Waals surface area contributed by atoms with Crippen molar-refractivity contribution in [1.82, 2.24) is 0 Å². The van der Waals surface area contributed by atoms with Gasteiger partial charge in [0.15, 0.2) is 0 Å². The van der Waals surface area contributed by atoms with Crippen LogP contribution < -0.4 is 4.90 Å². The Labute approximate surface area is 279 Å². The number of phenols is 1. The summed E-state index contributed by atoms with van der Waals surface area (Å²) in [4.78, 5) is 28.0. The number of carbonyl (C=O) groups excluding carboxylic acids is 2. The number of anilines is 1. The van der Waals surface area contributed by atoms with E-state index in [0.717, 1.165) is 45.9 Å². The minimum Gasteiger partial charge on any atom is -0.507 e. The van der Waals surface area contributed by atoms with E-state index in [0.29, 0.717) is 29.9 Å². The second-order valence-corrected chi connectivity index (χ2v) is 13.1. The smallest absolute Gasteiger partial charge is 0.455 e. The molecule has 258 valence electrons. The SMILES string of the molecule is CCC/C(=C\c1ccc(O)c2ccccc12)CC[C@H]1OB(O)C[C@H]2C1=C(C)C[C@H]1C(=O)N(c3cc(C(F)(F)F)cc(C(F)(F)F)c3)C(=O)[C@H]12. The predicted molar refractivity (Wildman–Crippen MR) is 172 cm³/mol. The molecule has 0 unspecified atom stereocenters. The quantitative estimate of drug-likeness (QED) is 0.113. The Kier molecular flexibility index (Phi) is 9.21. The number of fused-ring (bicyclic) bond motifs is 4. The fourth-order valence-corrected chi connectivity index (χ4v) is 7.80. The van der Waals surface area contributed by atoms with Crippen molar-refractivity contribution in [3.05, 3.63) is 88.0 Å². The molecule has 4 atom stereocenters. The Balaban J connectivity index is 1.30. The molecule has 0 bridgehead atoms. The molecule has 2 fully saturated rings. The molecular formula is C36H34BF6NO5. The third kappa shape index (κ3) is 6.62. The van der Waals surface area contributed by atoms with Crippen LogP contribution in [0, 0.1) is 17.8 Å². The van der Waals surface area contributed by atoms with Crippen molar-refractivity contribution in [3.8, 4) is 5.75 Å². The second-order valence-electron chi connectivity index (χ2n) is 13.1. The zero-order valence-corrected chi connectivity index (χ0v) is 26.7. The lowest BCUT2D eigenvalue weighted by Gasteiger charge is -2.42. The minimum absolute atomic E-state index is 0.0454. The van der Waals surface area contributed by atoms with Crippen LogP contribution in [0.2, 0.25) is 6.32 Å². The highest BCUT2D eigenvalue weighted by Gasteiger charge is 2.57. The maximum atomic E-state index is 13.9. The summed E-state index contributed by atoms with van der Waals surface area (Å²) >= 11 is 0. The first-order valence-corrected chi connectivity index (χ1v) is 16.2. The Morgan fingerprint density at radius 1 is 0.939 bits per heavy atom. The van der Waals surface area contributed by atoms with Gasteiger partial charge in [0.1, 0.15) is 5.75 Å². The van der Waals surface area contributed by atoms with Gasteiger partial charge in [-0.15, -0.1) is 0 Å². The van der Waals surface area contributed by atoms with Gasteiger partial charge in [-0.05, 0) is 85.6 Å². The van der Waals surface area contributed by atoms with E-state index in [9.17, 15) is 46.1 Å². The van der Waals surface area contributed by atoms with Gasteiger partial charge in [0.25, 0.3) is 0 Å². The first-order valence-electron chi connectivity index (χ1n) is 16.2. The van der Waals surface area contributed by atoms with Crippen molar-refractivity contribution in [1.29, 1.82) is 0 Å². The van der Waals surface area contributed by atoms with E-state index in [4.69, 9.17) is 4.65 Å². The predicted octanol–water partition coefficient (Wildman–Crippen LogP) is 8.57. The molecule has 3 aromatic carbocycles. The number of hydrogen-bond acceptors (Lipinski definition) is 5. The lowest BCUT2D eigenvalue weighted by atomic mass is 9.58. The minimum atomic E-state index is -5.15. The Bertz CT molecular complexity index is 1840. The number of halogens is 6. The van der Waals surface area contributed by atoms with E-state index < -0.39 is 72.0 Å². The van der Waals surface area contributed by atoms with Gasteiger partial charge < -0.3 is 14.8 Å². The largest absolute Gasteiger partial charge is 0.507 e. The fraction of sp³-hybridized carbons (Fsp3) is 0.389. The molecule has 2 amide bonds. The van der Waals surface area contributed by atoms with E-state index in [2.05, 4.69) is 6.08 Å². The number of allylic oxidation sites excluding steroid dienone is 2. The summed E-state index contributed by atoms with van der Waals surface area (Å²) in [5.41, 5.74) is -0.535. The van der Waals surface area contributed by atoms with Crippen LogP contribution in [-0.2, 0) is 26.6 Å². The van der Waals surface area contributed by atoms with Gasteiger partial charge in [0, 0.05) is 5.39 Å². The van der Waals surface area contributed by atoms with Crippen LogP contribution in [0.15, 0.2) is 71.3 Å². The molecule has 3 aliphatic rings.